The van der Waals surface area contributed by atoms with Crippen molar-refractivity contribution >= 4 is 11.7 Å². The number of carbonyl (C=O) groups excluding carboxylic acids is 1. The van der Waals surface area contributed by atoms with E-state index in [1.165, 1.54) is 0 Å². The van der Waals surface area contributed by atoms with E-state index >= 15 is 0 Å². The first kappa shape index (κ1) is 12.8. The molecule has 0 aliphatic carbocycles. The second-order valence-corrected chi connectivity index (χ2v) is 5.44. The van der Waals surface area contributed by atoms with E-state index in [2.05, 4.69) is 31.8 Å². The Balaban J connectivity index is 1.73. The maximum atomic E-state index is 12.6. The Morgan fingerprint density at radius 3 is 3.09 bits per heavy atom. The van der Waals surface area contributed by atoms with Gasteiger partial charge in [-0.05, 0) is 19.1 Å². The normalized spacial score (nSPS) is 16.0. The number of nitrogens with zero attached hydrogens (tertiary/aromatic N) is 3. The number of pyridine rings is 1. The van der Waals surface area contributed by atoms with E-state index in [0.29, 0.717) is 17.4 Å². The zero-order valence-electron chi connectivity index (χ0n) is 12.1. The third-order valence-corrected chi connectivity index (χ3v) is 3.98. The molecule has 0 unspecified atom stereocenters. The summed E-state index contributed by atoms with van der Waals surface area (Å²) in [5.74, 6) is 1.19. The van der Waals surface area contributed by atoms with Crippen molar-refractivity contribution in [3.8, 4) is 11.4 Å². The first-order valence-corrected chi connectivity index (χ1v) is 7.20. The number of carbonyl (C=O) groups is 1. The van der Waals surface area contributed by atoms with Crippen molar-refractivity contribution in [2.45, 2.75) is 19.4 Å². The van der Waals surface area contributed by atoms with Gasteiger partial charge in [-0.2, -0.15) is 0 Å². The van der Waals surface area contributed by atoms with Gasteiger partial charge in [-0.15, -0.1) is 0 Å². The van der Waals surface area contributed by atoms with Crippen LogP contribution in [0.2, 0.25) is 0 Å². The van der Waals surface area contributed by atoms with Crippen molar-refractivity contribution < 1.29 is 4.79 Å². The van der Waals surface area contributed by atoms with Crippen LogP contribution >= 0.6 is 0 Å². The van der Waals surface area contributed by atoms with Crippen LogP contribution in [0.25, 0.3) is 11.4 Å². The lowest BCUT2D eigenvalue weighted by Crippen LogP contribution is -2.18. The van der Waals surface area contributed by atoms with Gasteiger partial charge in [0.15, 0.2) is 0 Å². The lowest BCUT2D eigenvalue weighted by Gasteiger charge is -2.22. The Labute approximate surface area is 127 Å². The summed E-state index contributed by atoms with van der Waals surface area (Å²) in [7, 11) is 0. The van der Waals surface area contributed by atoms with Gasteiger partial charge in [0.05, 0.1) is 11.1 Å². The highest BCUT2D eigenvalue weighted by Gasteiger charge is 2.28. The molecule has 6 nitrogen and oxygen atoms in total. The number of aromatic amines is 1. The third-order valence-electron chi connectivity index (χ3n) is 3.98. The second-order valence-electron chi connectivity index (χ2n) is 5.44. The maximum absolute atomic E-state index is 12.6. The van der Waals surface area contributed by atoms with E-state index in [4.69, 9.17) is 0 Å². The molecule has 3 aromatic rings. The average molecular weight is 293 g/mol. The average Bonchev–Trinajstić information content (AvgIpc) is 3.14. The standard InChI is InChI=1S/C16H15N5O/c1-10-8-12-14(15-18-6-7-21(10)15)11(9-19-12)16(22)20-13-4-2-3-5-17-13/h2-7,9-10,19H,8H2,1H3,(H,17,20,22)/t10-/m1/s1. The van der Waals surface area contributed by atoms with Gasteiger partial charge < -0.3 is 14.9 Å². The fraction of sp³-hybridized carbons (Fsp3) is 0.188. The Morgan fingerprint density at radius 1 is 1.36 bits per heavy atom. The molecule has 0 bridgehead atoms. The summed E-state index contributed by atoms with van der Waals surface area (Å²) in [6.07, 6.45) is 7.98. The van der Waals surface area contributed by atoms with E-state index < -0.39 is 0 Å². The van der Waals surface area contributed by atoms with Crippen LogP contribution in [0, 0.1) is 0 Å². The van der Waals surface area contributed by atoms with Gasteiger partial charge in [0.25, 0.3) is 5.91 Å². The Hall–Kier alpha value is -2.89. The molecule has 1 amide bonds. The number of hydrogen-bond acceptors (Lipinski definition) is 3. The minimum atomic E-state index is -0.180. The maximum Gasteiger partial charge on any atom is 0.259 e. The molecular weight excluding hydrogens is 278 g/mol. The summed E-state index contributed by atoms with van der Waals surface area (Å²) in [5, 5.41) is 2.82. The molecule has 110 valence electrons. The summed E-state index contributed by atoms with van der Waals surface area (Å²) in [6, 6.07) is 5.74. The molecule has 3 aromatic heterocycles. The summed E-state index contributed by atoms with van der Waals surface area (Å²) in [6.45, 7) is 2.14. The van der Waals surface area contributed by atoms with E-state index in [0.717, 1.165) is 23.5 Å². The Morgan fingerprint density at radius 2 is 2.27 bits per heavy atom. The number of rotatable bonds is 2. The van der Waals surface area contributed by atoms with Crippen LogP contribution in [0.4, 0.5) is 5.82 Å². The largest absolute Gasteiger partial charge is 0.364 e. The van der Waals surface area contributed by atoms with Gasteiger partial charge in [-0.3, -0.25) is 4.79 Å². The quantitative estimate of drug-likeness (QED) is 0.762. The van der Waals surface area contributed by atoms with Gasteiger partial charge in [-0.25, -0.2) is 9.97 Å². The van der Waals surface area contributed by atoms with Crippen LogP contribution in [-0.2, 0) is 6.42 Å². The van der Waals surface area contributed by atoms with Crippen molar-refractivity contribution in [1.29, 1.82) is 0 Å². The molecule has 0 saturated carbocycles. The van der Waals surface area contributed by atoms with Crippen molar-refractivity contribution in [2.75, 3.05) is 5.32 Å². The number of nitrogens with one attached hydrogen (secondary N) is 2. The van der Waals surface area contributed by atoms with Crippen molar-refractivity contribution in [3.63, 3.8) is 0 Å². The highest BCUT2D eigenvalue weighted by Crippen LogP contribution is 2.35. The monoisotopic (exact) mass is 293 g/mol. The highest BCUT2D eigenvalue weighted by molar-refractivity contribution is 6.08. The highest BCUT2D eigenvalue weighted by atomic mass is 16.1. The molecular formula is C16H15N5O. The number of amides is 1. The molecule has 1 aliphatic rings. The summed E-state index contributed by atoms with van der Waals surface area (Å²) < 4.78 is 2.10. The van der Waals surface area contributed by atoms with Crippen LogP contribution in [0.3, 0.4) is 0 Å². The van der Waals surface area contributed by atoms with E-state index in [-0.39, 0.29) is 5.91 Å². The Kier molecular flexibility index (Phi) is 2.82. The first-order chi connectivity index (χ1) is 10.7. The van der Waals surface area contributed by atoms with Crippen LogP contribution in [0.1, 0.15) is 29.0 Å². The van der Waals surface area contributed by atoms with Crippen molar-refractivity contribution in [1.82, 2.24) is 19.5 Å². The molecule has 0 saturated heterocycles. The van der Waals surface area contributed by atoms with Crippen LogP contribution in [-0.4, -0.2) is 25.4 Å². The smallest absolute Gasteiger partial charge is 0.259 e. The molecule has 0 spiro atoms. The summed E-state index contributed by atoms with van der Waals surface area (Å²) in [5.41, 5.74) is 2.54. The molecule has 0 fully saturated rings. The van der Waals surface area contributed by atoms with Gasteiger partial charge in [0.2, 0.25) is 0 Å². The fourth-order valence-corrected chi connectivity index (χ4v) is 2.94. The predicted octanol–water partition coefficient (Wildman–Crippen LogP) is 2.64. The van der Waals surface area contributed by atoms with Gasteiger partial charge in [0, 0.05) is 42.9 Å². The molecule has 4 heterocycles. The topological polar surface area (TPSA) is 75.6 Å². The van der Waals surface area contributed by atoms with Crippen LogP contribution in [0.5, 0.6) is 0 Å². The van der Waals surface area contributed by atoms with E-state index in [1.807, 2.05) is 18.3 Å². The molecule has 0 aromatic carbocycles. The lowest BCUT2D eigenvalue weighted by atomic mass is 10.0. The summed E-state index contributed by atoms with van der Waals surface area (Å²) >= 11 is 0. The zero-order chi connectivity index (χ0) is 15.1. The molecule has 22 heavy (non-hydrogen) atoms. The Bertz CT molecular complexity index is 833. The SMILES string of the molecule is C[C@@H]1Cc2[nH]cc(C(=O)Nc3ccccn3)c2-c2nccn21. The van der Waals surface area contributed by atoms with Crippen molar-refractivity contribution in [2.24, 2.45) is 0 Å². The lowest BCUT2D eigenvalue weighted by molar-refractivity contribution is 0.102. The van der Waals surface area contributed by atoms with Gasteiger partial charge in [0.1, 0.15) is 11.6 Å². The fourth-order valence-electron chi connectivity index (χ4n) is 2.94. The molecule has 2 N–H and O–H groups in total. The molecule has 1 atom stereocenters. The van der Waals surface area contributed by atoms with Crippen LogP contribution < -0.4 is 5.32 Å². The molecule has 1 aliphatic heterocycles. The van der Waals surface area contributed by atoms with Crippen molar-refractivity contribution in [3.05, 3.63) is 54.2 Å². The number of H-pyrrole nitrogens is 1. The van der Waals surface area contributed by atoms with Gasteiger partial charge in [-0.1, -0.05) is 6.07 Å². The second kappa shape index (κ2) is 4.84. The number of hydrogen-bond donors (Lipinski definition) is 2. The van der Waals surface area contributed by atoms with E-state index in [1.54, 1.807) is 24.7 Å². The number of imidazole rings is 1. The number of anilines is 1. The minimum Gasteiger partial charge on any atom is -0.364 e. The zero-order valence-corrected chi connectivity index (χ0v) is 12.1. The van der Waals surface area contributed by atoms with E-state index in [9.17, 15) is 4.79 Å². The third kappa shape index (κ3) is 1.92. The molecule has 6 heteroatoms. The summed E-state index contributed by atoms with van der Waals surface area (Å²) in [4.78, 5) is 24.3. The first-order valence-electron chi connectivity index (χ1n) is 7.20. The number of aromatic nitrogens is 4. The van der Waals surface area contributed by atoms with Gasteiger partial charge >= 0.3 is 0 Å². The minimum absolute atomic E-state index is 0.180. The van der Waals surface area contributed by atoms with Crippen LogP contribution in [0.15, 0.2) is 43.0 Å². The molecule has 4 rings (SSSR count). The molecule has 0 radical (unpaired) electrons. The predicted molar refractivity (Wildman–Crippen MR) is 82.6 cm³/mol. The number of fused-ring (bicyclic) bond motifs is 3.